The summed E-state index contributed by atoms with van der Waals surface area (Å²) in [7, 11) is 0. The van der Waals surface area contributed by atoms with Gasteiger partial charge in [-0.1, -0.05) is 0 Å². The minimum Gasteiger partial charge on any atom is -0.375 e. The third-order valence-electron chi connectivity index (χ3n) is 2.61. The summed E-state index contributed by atoms with van der Waals surface area (Å²) in [6.45, 7) is 5.17. The average molecular weight is 225 g/mol. The molecular formula is C11H19N3O2. The molecular weight excluding hydrogens is 206 g/mol. The Morgan fingerprint density at radius 3 is 3.00 bits per heavy atom. The van der Waals surface area contributed by atoms with Crippen LogP contribution >= 0.6 is 0 Å². The first-order valence-corrected chi connectivity index (χ1v) is 5.54. The second-order valence-electron chi connectivity index (χ2n) is 4.61. The Hall–Kier alpha value is -1.12. The minimum absolute atomic E-state index is 0.0692. The highest BCUT2D eigenvalue weighted by Crippen LogP contribution is 2.23. The van der Waals surface area contributed by atoms with Crippen molar-refractivity contribution in [3.63, 3.8) is 0 Å². The van der Waals surface area contributed by atoms with Gasteiger partial charge < -0.3 is 15.4 Å². The molecule has 2 N–H and O–H groups in total. The fraction of sp³-hybridized carbons (Fsp3) is 0.818. The molecule has 1 aliphatic heterocycles. The van der Waals surface area contributed by atoms with Gasteiger partial charge in [0.05, 0.1) is 18.2 Å². The van der Waals surface area contributed by atoms with E-state index in [1.54, 1.807) is 0 Å². The number of hydrogen-bond acceptors (Lipinski definition) is 4. The Bertz CT molecular complexity index is 283. The molecule has 1 atom stereocenters. The van der Waals surface area contributed by atoms with Crippen molar-refractivity contribution in [1.29, 1.82) is 5.26 Å². The summed E-state index contributed by atoms with van der Waals surface area (Å²) >= 11 is 0. The van der Waals surface area contributed by atoms with Crippen molar-refractivity contribution < 1.29 is 9.53 Å². The van der Waals surface area contributed by atoms with Crippen molar-refractivity contribution in [3.05, 3.63) is 0 Å². The summed E-state index contributed by atoms with van der Waals surface area (Å²) in [4.78, 5) is 11.2. The van der Waals surface area contributed by atoms with Gasteiger partial charge in [-0.05, 0) is 26.7 Å². The van der Waals surface area contributed by atoms with Crippen LogP contribution in [0.25, 0.3) is 0 Å². The molecule has 1 rings (SSSR count). The van der Waals surface area contributed by atoms with Crippen LogP contribution in [0.3, 0.4) is 0 Å². The Morgan fingerprint density at radius 2 is 2.38 bits per heavy atom. The second-order valence-corrected chi connectivity index (χ2v) is 4.61. The molecule has 1 fully saturated rings. The third kappa shape index (κ3) is 4.60. The average Bonchev–Trinajstić information content (AvgIpc) is 2.22. The zero-order valence-corrected chi connectivity index (χ0v) is 9.88. The van der Waals surface area contributed by atoms with E-state index >= 15 is 0 Å². The van der Waals surface area contributed by atoms with Gasteiger partial charge in [0.1, 0.15) is 6.54 Å². The van der Waals surface area contributed by atoms with E-state index < -0.39 is 0 Å². The van der Waals surface area contributed by atoms with Crippen molar-refractivity contribution in [2.75, 3.05) is 19.7 Å². The van der Waals surface area contributed by atoms with Gasteiger partial charge in [0.2, 0.25) is 5.91 Å². The third-order valence-corrected chi connectivity index (χ3v) is 2.61. The molecule has 16 heavy (non-hydrogen) atoms. The van der Waals surface area contributed by atoms with Gasteiger partial charge in [0, 0.05) is 12.6 Å². The molecule has 1 heterocycles. The van der Waals surface area contributed by atoms with Crippen LogP contribution in [0.1, 0.15) is 26.7 Å². The predicted molar refractivity (Wildman–Crippen MR) is 59.7 cm³/mol. The number of hydrogen-bond donors (Lipinski definition) is 2. The minimum atomic E-state index is -0.133. The van der Waals surface area contributed by atoms with Gasteiger partial charge in [0.25, 0.3) is 0 Å². The predicted octanol–water partition coefficient (Wildman–Crippen LogP) is 0.173. The summed E-state index contributed by atoms with van der Waals surface area (Å²) in [5.74, 6) is -0.133. The molecule has 0 aromatic heterocycles. The Labute approximate surface area is 96.2 Å². The van der Waals surface area contributed by atoms with Crippen LogP contribution in [-0.2, 0) is 9.53 Å². The first kappa shape index (κ1) is 12.9. The molecule has 0 aliphatic carbocycles. The fourth-order valence-corrected chi connectivity index (χ4v) is 1.84. The molecule has 5 nitrogen and oxygen atoms in total. The zero-order chi connectivity index (χ0) is 12.0. The lowest BCUT2D eigenvalue weighted by atomic mass is 9.94. The standard InChI is InChI=1S/C11H19N3O2/c1-11(2)7-9(3-6-16-11)14-8-10(15)13-5-4-12/h9,14H,3,5-8H2,1-2H3,(H,13,15). The van der Waals surface area contributed by atoms with Crippen molar-refractivity contribution in [2.45, 2.75) is 38.3 Å². The Kier molecular flexibility index (Phi) is 4.71. The summed E-state index contributed by atoms with van der Waals surface area (Å²) in [6, 6.07) is 2.19. The van der Waals surface area contributed by atoms with E-state index in [9.17, 15) is 4.79 Å². The zero-order valence-electron chi connectivity index (χ0n) is 9.88. The highest BCUT2D eigenvalue weighted by Gasteiger charge is 2.28. The van der Waals surface area contributed by atoms with E-state index in [1.807, 2.05) is 6.07 Å². The van der Waals surface area contributed by atoms with Gasteiger partial charge in [-0.15, -0.1) is 0 Å². The van der Waals surface area contributed by atoms with Crippen LogP contribution in [0.4, 0.5) is 0 Å². The molecule has 0 aromatic carbocycles. The normalized spacial score (nSPS) is 23.4. The number of carbonyl (C=O) groups is 1. The fourth-order valence-electron chi connectivity index (χ4n) is 1.84. The topological polar surface area (TPSA) is 74.2 Å². The molecule has 1 amide bonds. The smallest absolute Gasteiger partial charge is 0.234 e. The molecule has 0 aromatic rings. The van der Waals surface area contributed by atoms with E-state index in [2.05, 4.69) is 24.5 Å². The highest BCUT2D eigenvalue weighted by molar-refractivity contribution is 5.78. The second kappa shape index (κ2) is 5.83. The van der Waals surface area contributed by atoms with Gasteiger partial charge in [-0.3, -0.25) is 4.79 Å². The maximum absolute atomic E-state index is 11.2. The van der Waals surface area contributed by atoms with Crippen molar-refractivity contribution in [3.8, 4) is 6.07 Å². The molecule has 90 valence electrons. The number of nitriles is 1. The first-order valence-electron chi connectivity index (χ1n) is 5.54. The number of nitrogens with zero attached hydrogens (tertiary/aromatic N) is 1. The number of ether oxygens (including phenoxy) is 1. The Balaban J connectivity index is 2.22. The largest absolute Gasteiger partial charge is 0.375 e. The lowest BCUT2D eigenvalue weighted by Gasteiger charge is -2.35. The van der Waals surface area contributed by atoms with Crippen LogP contribution in [0.5, 0.6) is 0 Å². The summed E-state index contributed by atoms with van der Waals surface area (Å²) in [5, 5.41) is 14.0. The molecule has 0 saturated carbocycles. The number of nitrogens with one attached hydrogen (secondary N) is 2. The first-order chi connectivity index (χ1) is 7.53. The number of carbonyl (C=O) groups excluding carboxylic acids is 1. The van der Waals surface area contributed by atoms with Crippen molar-refractivity contribution in [1.82, 2.24) is 10.6 Å². The van der Waals surface area contributed by atoms with E-state index in [1.165, 1.54) is 0 Å². The van der Waals surface area contributed by atoms with E-state index in [4.69, 9.17) is 10.00 Å². The summed E-state index contributed by atoms with van der Waals surface area (Å²) < 4.78 is 5.58. The Morgan fingerprint density at radius 1 is 1.62 bits per heavy atom. The monoisotopic (exact) mass is 225 g/mol. The maximum atomic E-state index is 11.2. The van der Waals surface area contributed by atoms with Gasteiger partial charge in [-0.25, -0.2) is 0 Å². The lowest BCUT2D eigenvalue weighted by molar-refractivity contribution is -0.120. The lowest BCUT2D eigenvalue weighted by Crippen LogP contribution is -2.46. The van der Waals surface area contributed by atoms with E-state index in [0.29, 0.717) is 6.04 Å². The van der Waals surface area contributed by atoms with Crippen LogP contribution in [-0.4, -0.2) is 37.2 Å². The van der Waals surface area contributed by atoms with Crippen LogP contribution in [0.15, 0.2) is 0 Å². The molecule has 1 unspecified atom stereocenters. The molecule has 0 bridgehead atoms. The molecule has 0 radical (unpaired) electrons. The van der Waals surface area contributed by atoms with Gasteiger partial charge in [0.15, 0.2) is 0 Å². The SMILES string of the molecule is CC1(C)CC(NCC(=O)NCC#N)CCO1. The summed E-state index contributed by atoms with van der Waals surface area (Å²) in [5.41, 5.74) is -0.112. The van der Waals surface area contributed by atoms with Crippen LogP contribution < -0.4 is 10.6 Å². The summed E-state index contributed by atoms with van der Waals surface area (Å²) in [6.07, 6.45) is 1.83. The number of amides is 1. The van der Waals surface area contributed by atoms with Crippen LogP contribution in [0.2, 0.25) is 0 Å². The van der Waals surface area contributed by atoms with Crippen LogP contribution in [0, 0.1) is 11.3 Å². The highest BCUT2D eigenvalue weighted by atomic mass is 16.5. The van der Waals surface area contributed by atoms with E-state index in [0.717, 1.165) is 19.4 Å². The number of rotatable bonds is 4. The van der Waals surface area contributed by atoms with E-state index in [-0.39, 0.29) is 24.6 Å². The van der Waals surface area contributed by atoms with Gasteiger partial charge >= 0.3 is 0 Å². The van der Waals surface area contributed by atoms with Crippen molar-refractivity contribution >= 4 is 5.91 Å². The molecule has 0 spiro atoms. The van der Waals surface area contributed by atoms with Gasteiger partial charge in [-0.2, -0.15) is 5.26 Å². The quantitative estimate of drug-likeness (QED) is 0.669. The molecule has 1 aliphatic rings. The molecule has 5 heteroatoms. The molecule has 1 saturated heterocycles. The maximum Gasteiger partial charge on any atom is 0.234 e. The van der Waals surface area contributed by atoms with Crippen molar-refractivity contribution in [2.24, 2.45) is 0 Å².